The van der Waals surface area contributed by atoms with E-state index in [4.69, 9.17) is 11.5 Å². The number of rotatable bonds is 12. The van der Waals surface area contributed by atoms with Gasteiger partial charge in [-0.1, -0.05) is 76.2 Å². The first-order valence-corrected chi connectivity index (χ1v) is 18.6. The summed E-state index contributed by atoms with van der Waals surface area (Å²) < 4.78 is 0. The fraction of sp³-hybridized carbons (Fsp3) is 0.364. The minimum atomic E-state index is -1.19. The minimum Gasteiger partial charge on any atom is -0.851 e. The molecule has 0 heterocycles. The van der Waals surface area contributed by atoms with E-state index in [9.17, 15) is 10.2 Å². The summed E-state index contributed by atoms with van der Waals surface area (Å²) >= 11 is 0. The molecule has 0 amide bonds. The number of hydrogen-bond acceptors (Lipinski definition) is 6. The van der Waals surface area contributed by atoms with Gasteiger partial charge in [-0.15, -0.1) is 12.2 Å². The molecule has 1 fully saturated rings. The topological polar surface area (TPSA) is 105 Å². The van der Waals surface area contributed by atoms with Crippen LogP contribution in [0.15, 0.2) is 84.9 Å². The van der Waals surface area contributed by atoms with Crippen molar-refractivity contribution in [2.24, 2.45) is 0 Å². The summed E-state index contributed by atoms with van der Waals surface area (Å²) in [6.07, 6.45) is 1.64. The molecule has 0 unspecified atom stereocenters. The Morgan fingerprint density at radius 1 is 0.480 bits per heavy atom. The van der Waals surface area contributed by atoms with E-state index in [1.165, 1.54) is 0 Å². The van der Waals surface area contributed by atoms with Crippen molar-refractivity contribution in [3.63, 3.8) is 0 Å². The van der Waals surface area contributed by atoms with Crippen molar-refractivity contribution in [3.05, 3.63) is 96.1 Å². The van der Waals surface area contributed by atoms with Gasteiger partial charge in [0.15, 0.2) is 0 Å². The predicted octanol–water partition coefficient (Wildman–Crippen LogP) is 8.06. The standard InChI is InChI=1S/C44H50N4O2/c1-5-17-47(18-6-2)37-25-35(45)39(33-23-29-15-11-9-13-27(29)21-31(33)37)41-43(49)42(44(41)50)40-34-24-30-16-12-10-14-28(30)22-32(34)38(26-36(40)46)48(19-7-3)20-8-4/h9-16,21-26,41-44H,5-8,17-20,45-46H2,1-4H3/q-2. The Morgan fingerprint density at radius 3 is 1.08 bits per heavy atom. The summed E-state index contributed by atoms with van der Waals surface area (Å²) in [6, 6.07) is 29.3. The van der Waals surface area contributed by atoms with Crippen LogP contribution in [0.3, 0.4) is 0 Å². The molecular weight excluding hydrogens is 617 g/mol. The maximum Gasteiger partial charge on any atom is 0.0466 e. The van der Waals surface area contributed by atoms with Crippen LogP contribution in [-0.2, 0) is 0 Å². The molecule has 260 valence electrons. The SMILES string of the molecule is CCCN(CCC)c1cc(N)c(C2C([O-])C(c3c(N)cc(N(CCC)CCC)c4cc5ccccc5cc34)C2[O-])c2cc3ccccc3cc12. The van der Waals surface area contributed by atoms with Crippen molar-refractivity contribution in [1.82, 2.24) is 0 Å². The molecule has 0 aromatic heterocycles. The molecule has 7 rings (SSSR count). The van der Waals surface area contributed by atoms with E-state index in [2.05, 4.69) is 86.0 Å². The minimum absolute atomic E-state index is 0.527. The van der Waals surface area contributed by atoms with Gasteiger partial charge >= 0.3 is 0 Å². The van der Waals surface area contributed by atoms with Crippen LogP contribution in [0.2, 0.25) is 0 Å². The number of anilines is 4. The zero-order valence-corrected chi connectivity index (χ0v) is 29.9. The lowest BCUT2D eigenvalue weighted by atomic mass is 9.61. The largest absolute Gasteiger partial charge is 0.851 e. The van der Waals surface area contributed by atoms with E-state index in [0.717, 1.165) is 106 Å². The molecule has 0 aliphatic heterocycles. The van der Waals surface area contributed by atoms with Crippen molar-refractivity contribution in [3.8, 4) is 0 Å². The summed E-state index contributed by atoms with van der Waals surface area (Å²) in [5.41, 5.74) is 18.5. The van der Waals surface area contributed by atoms with Gasteiger partial charge in [0.25, 0.3) is 0 Å². The smallest absolute Gasteiger partial charge is 0.0466 e. The lowest BCUT2D eigenvalue weighted by molar-refractivity contribution is -0.535. The Bertz CT molecular complexity index is 2000. The van der Waals surface area contributed by atoms with Gasteiger partial charge in [0, 0.05) is 59.7 Å². The highest BCUT2D eigenvalue weighted by Gasteiger charge is 2.42. The zero-order chi connectivity index (χ0) is 35.1. The van der Waals surface area contributed by atoms with Gasteiger partial charge in [-0.25, -0.2) is 0 Å². The van der Waals surface area contributed by atoms with Gasteiger partial charge in [0.05, 0.1) is 0 Å². The second kappa shape index (κ2) is 14.0. The number of benzene rings is 6. The van der Waals surface area contributed by atoms with Crippen LogP contribution in [-0.4, -0.2) is 38.4 Å². The van der Waals surface area contributed by atoms with Crippen molar-refractivity contribution < 1.29 is 10.2 Å². The summed E-state index contributed by atoms with van der Waals surface area (Å²) in [6.45, 7) is 12.4. The van der Waals surface area contributed by atoms with E-state index in [-0.39, 0.29) is 0 Å². The maximum absolute atomic E-state index is 14.7. The van der Waals surface area contributed by atoms with E-state index in [1.807, 2.05) is 36.4 Å². The summed E-state index contributed by atoms with van der Waals surface area (Å²) in [4.78, 5) is 4.78. The fourth-order valence-corrected chi connectivity index (χ4v) is 8.65. The van der Waals surface area contributed by atoms with E-state index in [1.54, 1.807) is 0 Å². The van der Waals surface area contributed by atoms with Crippen molar-refractivity contribution in [2.75, 3.05) is 47.4 Å². The van der Waals surface area contributed by atoms with Crippen LogP contribution >= 0.6 is 0 Å². The van der Waals surface area contributed by atoms with Crippen LogP contribution in [0, 0.1) is 0 Å². The highest BCUT2D eigenvalue weighted by Crippen LogP contribution is 2.54. The normalized spacial score (nSPS) is 19.0. The van der Waals surface area contributed by atoms with Gasteiger partial charge < -0.3 is 31.5 Å². The molecule has 1 aliphatic carbocycles. The second-order valence-corrected chi connectivity index (χ2v) is 14.2. The molecule has 4 N–H and O–H groups in total. The van der Waals surface area contributed by atoms with Crippen molar-refractivity contribution in [2.45, 2.75) is 77.4 Å². The molecule has 6 heteroatoms. The Kier molecular flexibility index (Phi) is 9.51. The third kappa shape index (κ3) is 5.69. The zero-order valence-electron chi connectivity index (χ0n) is 29.9. The first kappa shape index (κ1) is 34.0. The van der Waals surface area contributed by atoms with Crippen LogP contribution in [0.4, 0.5) is 22.7 Å². The van der Waals surface area contributed by atoms with Crippen LogP contribution in [0.5, 0.6) is 0 Å². The lowest BCUT2D eigenvalue weighted by Gasteiger charge is -2.62. The second-order valence-electron chi connectivity index (χ2n) is 14.2. The Morgan fingerprint density at radius 2 is 0.780 bits per heavy atom. The van der Waals surface area contributed by atoms with Gasteiger partial charge in [-0.3, -0.25) is 0 Å². The molecule has 1 saturated carbocycles. The highest BCUT2D eigenvalue weighted by molar-refractivity contribution is 6.09. The molecule has 50 heavy (non-hydrogen) atoms. The molecule has 0 bridgehead atoms. The lowest BCUT2D eigenvalue weighted by Crippen LogP contribution is -2.64. The summed E-state index contributed by atoms with van der Waals surface area (Å²) in [5, 5.41) is 37.7. The fourth-order valence-electron chi connectivity index (χ4n) is 8.65. The van der Waals surface area contributed by atoms with Crippen molar-refractivity contribution >= 4 is 65.8 Å². The number of hydrogen-bond donors (Lipinski definition) is 2. The van der Waals surface area contributed by atoms with E-state index < -0.39 is 24.0 Å². The molecule has 6 aromatic carbocycles. The Labute approximate surface area is 296 Å². The highest BCUT2D eigenvalue weighted by atomic mass is 16.3. The van der Waals surface area contributed by atoms with Crippen LogP contribution in [0.1, 0.15) is 76.3 Å². The summed E-state index contributed by atoms with van der Waals surface area (Å²) in [5.74, 6) is -1.57. The van der Waals surface area contributed by atoms with E-state index >= 15 is 0 Å². The molecule has 1 aliphatic rings. The average Bonchev–Trinajstić information content (AvgIpc) is 3.12. The molecular formula is C44H50N4O2-2. The Balaban J connectivity index is 1.39. The molecule has 0 atom stereocenters. The molecule has 0 spiro atoms. The maximum atomic E-state index is 14.7. The quantitative estimate of drug-likeness (QED) is 0.101. The van der Waals surface area contributed by atoms with Crippen LogP contribution < -0.4 is 31.5 Å². The molecule has 6 aromatic rings. The van der Waals surface area contributed by atoms with E-state index in [0.29, 0.717) is 22.5 Å². The Hall–Kier alpha value is -4.52. The van der Waals surface area contributed by atoms with Gasteiger partial charge in [-0.2, -0.15) is 0 Å². The first-order valence-electron chi connectivity index (χ1n) is 18.6. The number of nitrogens with two attached hydrogens (primary N) is 2. The van der Waals surface area contributed by atoms with Crippen molar-refractivity contribution in [1.29, 1.82) is 0 Å². The molecule has 6 nitrogen and oxygen atoms in total. The van der Waals surface area contributed by atoms with Gasteiger partial charge in [0.1, 0.15) is 0 Å². The molecule has 0 saturated heterocycles. The predicted molar refractivity (Wildman–Crippen MR) is 210 cm³/mol. The third-order valence-corrected chi connectivity index (χ3v) is 10.8. The van der Waals surface area contributed by atoms with Gasteiger partial charge in [0.2, 0.25) is 0 Å². The summed E-state index contributed by atoms with van der Waals surface area (Å²) in [7, 11) is 0. The number of fused-ring (bicyclic) bond motifs is 4. The average molecular weight is 667 g/mol. The first-order chi connectivity index (χ1) is 24.3. The van der Waals surface area contributed by atoms with Crippen LogP contribution in [0.25, 0.3) is 43.1 Å². The number of nitrogens with zero attached hydrogens (tertiary/aromatic N) is 2. The third-order valence-electron chi connectivity index (χ3n) is 10.8. The van der Waals surface area contributed by atoms with Gasteiger partial charge in [-0.05, 0) is 117 Å². The molecule has 0 radical (unpaired) electrons. The monoisotopic (exact) mass is 666 g/mol. The number of nitrogen functional groups attached to an aromatic ring is 2.